The molecule has 0 fully saturated rings. The number of methoxy groups -OCH3 is 1. The van der Waals surface area contributed by atoms with Gasteiger partial charge in [0.25, 0.3) is 0 Å². The molecule has 3 aromatic heterocycles. The minimum absolute atomic E-state index is 0.243. The summed E-state index contributed by atoms with van der Waals surface area (Å²) in [4.78, 5) is 11.5. The number of rotatable bonds is 7. The maximum absolute atomic E-state index is 11.5. The molecule has 4 rings (SSSR count). The van der Waals surface area contributed by atoms with Crippen molar-refractivity contribution in [1.29, 1.82) is 0 Å². The Bertz CT molecular complexity index is 1180. The molecule has 0 aliphatic heterocycles. The van der Waals surface area contributed by atoms with Gasteiger partial charge in [-0.15, -0.1) is 10.2 Å². The predicted molar refractivity (Wildman–Crippen MR) is 111 cm³/mol. The SMILES string of the molecule is COC(=O)c1ccn(CSc2nncn2/N=C/c2cn[nH]c2-c2ccc(Cl)cc2)n1. The van der Waals surface area contributed by atoms with Gasteiger partial charge in [0.1, 0.15) is 6.33 Å². The third kappa shape index (κ3) is 4.42. The van der Waals surface area contributed by atoms with Crippen molar-refractivity contribution in [3.05, 3.63) is 65.3 Å². The van der Waals surface area contributed by atoms with Crippen molar-refractivity contribution < 1.29 is 9.53 Å². The molecule has 4 aromatic rings. The molecule has 152 valence electrons. The van der Waals surface area contributed by atoms with E-state index < -0.39 is 5.97 Å². The highest BCUT2D eigenvalue weighted by Gasteiger charge is 2.11. The molecule has 3 heterocycles. The van der Waals surface area contributed by atoms with Crippen LogP contribution in [0.5, 0.6) is 0 Å². The number of benzene rings is 1. The molecule has 0 saturated heterocycles. The summed E-state index contributed by atoms with van der Waals surface area (Å²) < 4.78 is 7.81. The summed E-state index contributed by atoms with van der Waals surface area (Å²) in [7, 11) is 1.31. The highest BCUT2D eigenvalue weighted by Crippen LogP contribution is 2.22. The van der Waals surface area contributed by atoms with Crippen LogP contribution in [-0.2, 0) is 10.6 Å². The number of nitrogens with zero attached hydrogens (tertiary/aromatic N) is 7. The van der Waals surface area contributed by atoms with Gasteiger partial charge in [0.15, 0.2) is 5.69 Å². The Morgan fingerprint density at radius 1 is 1.33 bits per heavy atom. The van der Waals surface area contributed by atoms with Crippen LogP contribution in [0.15, 0.2) is 59.3 Å². The lowest BCUT2D eigenvalue weighted by Gasteiger charge is -2.02. The molecule has 1 N–H and O–H groups in total. The van der Waals surface area contributed by atoms with Crippen LogP contribution in [0.4, 0.5) is 0 Å². The van der Waals surface area contributed by atoms with Crippen LogP contribution in [0.1, 0.15) is 16.1 Å². The Hall–Kier alpha value is -3.44. The summed E-state index contributed by atoms with van der Waals surface area (Å²) in [6, 6.07) is 9.02. The highest BCUT2D eigenvalue weighted by molar-refractivity contribution is 7.98. The second kappa shape index (κ2) is 8.93. The van der Waals surface area contributed by atoms with Gasteiger partial charge in [0.2, 0.25) is 5.16 Å². The average Bonchev–Trinajstić information content (AvgIpc) is 3.51. The molecular formula is C18H15ClN8O2S. The van der Waals surface area contributed by atoms with Crippen LogP contribution in [-0.4, -0.2) is 54.1 Å². The van der Waals surface area contributed by atoms with Gasteiger partial charge in [-0.05, 0) is 18.2 Å². The van der Waals surface area contributed by atoms with Crippen molar-refractivity contribution in [2.24, 2.45) is 5.10 Å². The number of aromatic amines is 1. The number of aromatic nitrogens is 7. The van der Waals surface area contributed by atoms with Gasteiger partial charge in [-0.25, -0.2) is 4.79 Å². The first kappa shape index (κ1) is 19.9. The Labute approximate surface area is 179 Å². The number of ether oxygens (including phenoxy) is 1. The van der Waals surface area contributed by atoms with Crippen molar-refractivity contribution >= 4 is 35.5 Å². The molecule has 0 amide bonds. The number of halogens is 1. The average molecular weight is 443 g/mol. The van der Waals surface area contributed by atoms with E-state index in [1.807, 2.05) is 24.3 Å². The molecule has 0 unspecified atom stereocenters. The normalized spacial score (nSPS) is 11.3. The van der Waals surface area contributed by atoms with Crippen molar-refractivity contribution in [1.82, 2.24) is 34.9 Å². The van der Waals surface area contributed by atoms with E-state index in [1.165, 1.54) is 25.2 Å². The van der Waals surface area contributed by atoms with Crippen LogP contribution in [0.2, 0.25) is 5.02 Å². The summed E-state index contributed by atoms with van der Waals surface area (Å²) in [5, 5.41) is 24.9. The zero-order valence-electron chi connectivity index (χ0n) is 15.6. The Morgan fingerprint density at radius 3 is 2.97 bits per heavy atom. The van der Waals surface area contributed by atoms with E-state index in [2.05, 4.69) is 35.3 Å². The van der Waals surface area contributed by atoms with Crippen LogP contribution < -0.4 is 0 Å². The lowest BCUT2D eigenvalue weighted by atomic mass is 10.1. The van der Waals surface area contributed by atoms with E-state index in [-0.39, 0.29) is 5.69 Å². The van der Waals surface area contributed by atoms with Crippen LogP contribution in [0.25, 0.3) is 11.3 Å². The quantitative estimate of drug-likeness (QED) is 0.265. The third-order valence-corrected chi connectivity index (χ3v) is 5.16. The van der Waals surface area contributed by atoms with Crippen molar-refractivity contribution in [3.63, 3.8) is 0 Å². The van der Waals surface area contributed by atoms with Crippen molar-refractivity contribution in [3.8, 4) is 11.3 Å². The lowest BCUT2D eigenvalue weighted by molar-refractivity contribution is 0.0593. The molecule has 10 nitrogen and oxygen atoms in total. The number of hydrogen-bond acceptors (Lipinski definition) is 8. The van der Waals surface area contributed by atoms with E-state index in [4.69, 9.17) is 11.6 Å². The predicted octanol–water partition coefficient (Wildman–Crippen LogP) is 2.94. The number of carbonyl (C=O) groups excluding carboxylic acids is 1. The van der Waals surface area contributed by atoms with Crippen LogP contribution in [0.3, 0.4) is 0 Å². The summed E-state index contributed by atoms with van der Waals surface area (Å²) in [6.07, 6.45) is 6.55. The molecule has 0 saturated carbocycles. The van der Waals surface area contributed by atoms with Gasteiger partial charge in [0.05, 0.1) is 31.1 Å². The molecule has 0 aliphatic rings. The molecular weight excluding hydrogens is 428 g/mol. The number of esters is 1. The second-order valence-electron chi connectivity index (χ2n) is 5.92. The molecule has 12 heteroatoms. The summed E-state index contributed by atoms with van der Waals surface area (Å²) in [6.45, 7) is 0. The second-order valence-corrected chi connectivity index (χ2v) is 7.26. The molecule has 1 aromatic carbocycles. The molecule has 0 spiro atoms. The first-order valence-electron chi connectivity index (χ1n) is 8.62. The van der Waals surface area contributed by atoms with Gasteiger partial charge < -0.3 is 4.74 Å². The van der Waals surface area contributed by atoms with E-state index in [0.29, 0.717) is 16.1 Å². The lowest BCUT2D eigenvalue weighted by Crippen LogP contribution is -2.04. The Kier molecular flexibility index (Phi) is 5.91. The van der Waals surface area contributed by atoms with E-state index in [9.17, 15) is 4.79 Å². The van der Waals surface area contributed by atoms with Gasteiger partial charge in [-0.2, -0.15) is 20.0 Å². The molecule has 0 atom stereocenters. The topological polar surface area (TPSA) is 116 Å². The maximum Gasteiger partial charge on any atom is 0.358 e. The summed E-state index contributed by atoms with van der Waals surface area (Å²) >= 11 is 7.32. The smallest absolute Gasteiger partial charge is 0.358 e. The first-order chi connectivity index (χ1) is 14.6. The Balaban J connectivity index is 1.46. The number of carbonyl (C=O) groups is 1. The van der Waals surface area contributed by atoms with Crippen LogP contribution in [0, 0.1) is 0 Å². The largest absolute Gasteiger partial charge is 0.464 e. The Morgan fingerprint density at radius 2 is 2.17 bits per heavy atom. The minimum Gasteiger partial charge on any atom is -0.464 e. The molecule has 0 bridgehead atoms. The van der Waals surface area contributed by atoms with Gasteiger partial charge >= 0.3 is 5.97 Å². The zero-order chi connectivity index (χ0) is 20.9. The third-order valence-electron chi connectivity index (χ3n) is 3.98. The van der Waals surface area contributed by atoms with Crippen molar-refractivity contribution in [2.45, 2.75) is 11.0 Å². The molecule has 0 radical (unpaired) electrons. The van der Waals surface area contributed by atoms with Gasteiger partial charge in [0, 0.05) is 22.3 Å². The highest BCUT2D eigenvalue weighted by atomic mass is 35.5. The molecule has 0 aliphatic carbocycles. The summed E-state index contributed by atoms with van der Waals surface area (Å²) in [5.74, 6) is -0.0597. The number of nitrogens with one attached hydrogen (secondary N) is 1. The standard InChI is InChI=1S/C18H15ClN8O2S/c1-29-17(28)15-6-7-26(25-15)11-30-18-24-21-10-27(18)22-9-13-8-20-23-16(13)12-2-4-14(19)5-3-12/h2-10H,11H2,1H3,(H,20,23)/b22-9+. The van der Waals surface area contributed by atoms with Gasteiger partial charge in [-0.3, -0.25) is 9.78 Å². The zero-order valence-corrected chi connectivity index (χ0v) is 17.2. The van der Waals surface area contributed by atoms with Gasteiger partial charge in [-0.1, -0.05) is 35.5 Å². The van der Waals surface area contributed by atoms with Crippen molar-refractivity contribution in [2.75, 3.05) is 7.11 Å². The monoisotopic (exact) mass is 442 g/mol. The van der Waals surface area contributed by atoms with E-state index in [0.717, 1.165) is 16.8 Å². The molecule has 30 heavy (non-hydrogen) atoms. The fourth-order valence-corrected chi connectivity index (χ4v) is 3.38. The number of H-pyrrole nitrogens is 1. The number of thioether (sulfide) groups is 1. The van der Waals surface area contributed by atoms with E-state index in [1.54, 1.807) is 34.0 Å². The fourth-order valence-electron chi connectivity index (χ4n) is 2.53. The fraction of sp³-hybridized carbons (Fsp3) is 0.111. The first-order valence-corrected chi connectivity index (χ1v) is 9.98. The number of hydrogen-bond donors (Lipinski definition) is 1. The maximum atomic E-state index is 11.5. The van der Waals surface area contributed by atoms with Crippen LogP contribution >= 0.6 is 23.4 Å². The van der Waals surface area contributed by atoms with E-state index >= 15 is 0 Å². The summed E-state index contributed by atoms with van der Waals surface area (Å²) in [5.41, 5.74) is 2.81. The minimum atomic E-state index is -0.483.